The largest absolute Gasteiger partial charge is 0.457 e. The van der Waals surface area contributed by atoms with Gasteiger partial charge in [-0.05, 0) is 48.5 Å². The van der Waals surface area contributed by atoms with Crippen molar-refractivity contribution < 1.29 is 14.3 Å². The smallest absolute Gasteiger partial charge is 0.227 e. The predicted octanol–water partition coefficient (Wildman–Crippen LogP) is 3.54. The lowest BCUT2D eigenvalue weighted by Gasteiger charge is -2.17. The van der Waals surface area contributed by atoms with Crippen LogP contribution in [0.2, 0.25) is 0 Å². The molecule has 0 radical (unpaired) electrons. The SMILES string of the molecule is O=C(NCc1ccccn1)[C@@H]1CC(=O)N(c2ccc(Oc3ccccc3)cc2)C1. The summed E-state index contributed by atoms with van der Waals surface area (Å²) in [7, 11) is 0. The molecule has 29 heavy (non-hydrogen) atoms. The van der Waals surface area contributed by atoms with Crippen LogP contribution in [0.15, 0.2) is 79.0 Å². The molecule has 1 N–H and O–H groups in total. The highest BCUT2D eigenvalue weighted by Crippen LogP contribution is 2.28. The summed E-state index contributed by atoms with van der Waals surface area (Å²) in [4.78, 5) is 30.7. The van der Waals surface area contributed by atoms with E-state index in [2.05, 4.69) is 10.3 Å². The Hall–Kier alpha value is -3.67. The van der Waals surface area contributed by atoms with E-state index in [0.717, 1.165) is 17.1 Å². The number of benzene rings is 2. The quantitative estimate of drug-likeness (QED) is 0.702. The maximum absolute atomic E-state index is 12.5. The lowest BCUT2D eigenvalue weighted by Crippen LogP contribution is -2.32. The van der Waals surface area contributed by atoms with E-state index in [4.69, 9.17) is 4.74 Å². The summed E-state index contributed by atoms with van der Waals surface area (Å²) in [5.41, 5.74) is 1.55. The molecule has 2 aromatic carbocycles. The fourth-order valence-corrected chi connectivity index (χ4v) is 3.28. The standard InChI is InChI=1S/C23H21N3O3/c27-22-14-17(23(28)25-15-18-6-4-5-13-24-18)16-26(22)19-9-11-21(12-10-19)29-20-7-2-1-3-8-20/h1-13,17H,14-16H2,(H,25,28)/t17-/m1/s1. The maximum Gasteiger partial charge on any atom is 0.227 e. The van der Waals surface area contributed by atoms with E-state index in [-0.39, 0.29) is 24.2 Å². The van der Waals surface area contributed by atoms with Crippen molar-refractivity contribution in [3.05, 3.63) is 84.7 Å². The minimum Gasteiger partial charge on any atom is -0.457 e. The second-order valence-corrected chi connectivity index (χ2v) is 6.85. The number of hydrogen-bond donors (Lipinski definition) is 1. The number of aromatic nitrogens is 1. The molecule has 2 heterocycles. The zero-order valence-electron chi connectivity index (χ0n) is 15.8. The number of carbonyl (C=O) groups excluding carboxylic acids is 2. The highest BCUT2D eigenvalue weighted by molar-refractivity contribution is 6.00. The normalized spacial score (nSPS) is 15.9. The van der Waals surface area contributed by atoms with Gasteiger partial charge in [-0.2, -0.15) is 0 Å². The molecule has 0 unspecified atom stereocenters. The fraction of sp³-hybridized carbons (Fsp3) is 0.174. The number of nitrogens with one attached hydrogen (secondary N) is 1. The highest BCUT2D eigenvalue weighted by atomic mass is 16.5. The molecule has 2 amide bonds. The summed E-state index contributed by atoms with van der Waals surface area (Å²) >= 11 is 0. The molecule has 1 saturated heterocycles. The molecule has 1 aromatic heterocycles. The molecule has 0 aliphatic carbocycles. The maximum atomic E-state index is 12.5. The van der Waals surface area contributed by atoms with Gasteiger partial charge in [0.15, 0.2) is 0 Å². The van der Waals surface area contributed by atoms with Crippen LogP contribution < -0.4 is 15.0 Å². The first-order valence-electron chi connectivity index (χ1n) is 9.50. The van der Waals surface area contributed by atoms with Gasteiger partial charge < -0.3 is 15.0 Å². The molecule has 1 fully saturated rings. The summed E-state index contributed by atoms with van der Waals surface area (Å²) in [6.07, 6.45) is 1.89. The van der Waals surface area contributed by atoms with Gasteiger partial charge in [-0.15, -0.1) is 0 Å². The van der Waals surface area contributed by atoms with Crippen LogP contribution in [-0.4, -0.2) is 23.3 Å². The number of para-hydroxylation sites is 1. The topological polar surface area (TPSA) is 71.5 Å². The Morgan fingerprint density at radius 3 is 2.45 bits per heavy atom. The van der Waals surface area contributed by atoms with E-state index in [1.54, 1.807) is 11.1 Å². The molecule has 1 aliphatic heterocycles. The van der Waals surface area contributed by atoms with E-state index >= 15 is 0 Å². The van der Waals surface area contributed by atoms with Gasteiger partial charge in [0.2, 0.25) is 11.8 Å². The Labute approximate surface area is 169 Å². The van der Waals surface area contributed by atoms with Gasteiger partial charge in [0.05, 0.1) is 18.2 Å². The molecule has 3 aromatic rings. The monoisotopic (exact) mass is 387 g/mol. The van der Waals surface area contributed by atoms with Crippen LogP contribution in [-0.2, 0) is 16.1 Å². The van der Waals surface area contributed by atoms with E-state index in [1.807, 2.05) is 72.8 Å². The van der Waals surface area contributed by atoms with Gasteiger partial charge in [-0.25, -0.2) is 0 Å². The third-order valence-corrected chi connectivity index (χ3v) is 4.79. The minimum absolute atomic E-state index is 0.0558. The zero-order valence-corrected chi connectivity index (χ0v) is 15.8. The van der Waals surface area contributed by atoms with Gasteiger partial charge in [-0.1, -0.05) is 24.3 Å². The van der Waals surface area contributed by atoms with Crippen molar-refractivity contribution in [3.8, 4) is 11.5 Å². The number of anilines is 1. The number of ether oxygens (including phenoxy) is 1. The number of carbonyl (C=O) groups is 2. The zero-order chi connectivity index (χ0) is 20.1. The molecule has 0 saturated carbocycles. The second kappa shape index (κ2) is 8.56. The molecule has 1 aliphatic rings. The first-order valence-corrected chi connectivity index (χ1v) is 9.50. The summed E-state index contributed by atoms with van der Waals surface area (Å²) in [6.45, 7) is 0.724. The predicted molar refractivity (Wildman–Crippen MR) is 110 cm³/mol. The van der Waals surface area contributed by atoms with E-state index < -0.39 is 0 Å². The Morgan fingerprint density at radius 2 is 1.72 bits per heavy atom. The Morgan fingerprint density at radius 1 is 1.00 bits per heavy atom. The Kier molecular flexibility index (Phi) is 5.52. The lowest BCUT2D eigenvalue weighted by molar-refractivity contribution is -0.126. The summed E-state index contributed by atoms with van der Waals surface area (Å²) in [6, 6.07) is 22.4. The molecule has 1 atom stereocenters. The van der Waals surface area contributed by atoms with Crippen LogP contribution in [0, 0.1) is 5.92 Å². The van der Waals surface area contributed by atoms with E-state index in [1.165, 1.54) is 0 Å². The van der Waals surface area contributed by atoms with Gasteiger partial charge in [0.25, 0.3) is 0 Å². The van der Waals surface area contributed by atoms with Crippen molar-refractivity contribution >= 4 is 17.5 Å². The van der Waals surface area contributed by atoms with Gasteiger partial charge in [0.1, 0.15) is 11.5 Å². The number of pyridine rings is 1. The van der Waals surface area contributed by atoms with Crippen molar-refractivity contribution in [2.45, 2.75) is 13.0 Å². The molecular weight excluding hydrogens is 366 g/mol. The van der Waals surface area contributed by atoms with Crippen LogP contribution in [0.3, 0.4) is 0 Å². The van der Waals surface area contributed by atoms with Crippen LogP contribution in [0.1, 0.15) is 12.1 Å². The first-order chi connectivity index (χ1) is 14.2. The van der Waals surface area contributed by atoms with Crippen LogP contribution in [0.4, 0.5) is 5.69 Å². The Balaban J connectivity index is 1.35. The number of rotatable bonds is 6. The summed E-state index contributed by atoms with van der Waals surface area (Å²) in [5, 5.41) is 2.87. The van der Waals surface area contributed by atoms with E-state index in [0.29, 0.717) is 18.8 Å². The third-order valence-electron chi connectivity index (χ3n) is 4.79. The van der Waals surface area contributed by atoms with Crippen molar-refractivity contribution in [2.75, 3.05) is 11.4 Å². The lowest BCUT2D eigenvalue weighted by atomic mass is 10.1. The molecule has 0 bridgehead atoms. The average molecular weight is 387 g/mol. The average Bonchev–Trinajstić information content (AvgIpc) is 3.16. The van der Waals surface area contributed by atoms with Crippen LogP contribution in [0.5, 0.6) is 11.5 Å². The summed E-state index contributed by atoms with van der Waals surface area (Å²) in [5.74, 6) is 0.889. The van der Waals surface area contributed by atoms with Gasteiger partial charge in [-0.3, -0.25) is 14.6 Å². The molecule has 146 valence electrons. The third kappa shape index (κ3) is 4.60. The number of hydrogen-bond acceptors (Lipinski definition) is 4. The fourth-order valence-electron chi connectivity index (χ4n) is 3.28. The van der Waals surface area contributed by atoms with Gasteiger partial charge >= 0.3 is 0 Å². The minimum atomic E-state index is -0.369. The summed E-state index contributed by atoms with van der Waals surface area (Å²) < 4.78 is 5.78. The number of amides is 2. The van der Waals surface area contributed by atoms with Crippen molar-refractivity contribution in [2.24, 2.45) is 5.92 Å². The Bertz CT molecular complexity index is 975. The molecule has 4 rings (SSSR count). The van der Waals surface area contributed by atoms with Crippen molar-refractivity contribution in [1.29, 1.82) is 0 Å². The van der Waals surface area contributed by atoms with Crippen LogP contribution in [0.25, 0.3) is 0 Å². The van der Waals surface area contributed by atoms with Gasteiger partial charge in [0, 0.05) is 24.8 Å². The van der Waals surface area contributed by atoms with Crippen LogP contribution >= 0.6 is 0 Å². The molecule has 6 heteroatoms. The number of nitrogens with zero attached hydrogens (tertiary/aromatic N) is 2. The second-order valence-electron chi connectivity index (χ2n) is 6.85. The van der Waals surface area contributed by atoms with E-state index in [9.17, 15) is 9.59 Å². The van der Waals surface area contributed by atoms with Crippen molar-refractivity contribution in [1.82, 2.24) is 10.3 Å². The molecular formula is C23H21N3O3. The molecule has 0 spiro atoms. The van der Waals surface area contributed by atoms with Crippen molar-refractivity contribution in [3.63, 3.8) is 0 Å². The first kappa shape index (κ1) is 18.7. The highest BCUT2D eigenvalue weighted by Gasteiger charge is 2.35. The molecule has 6 nitrogen and oxygen atoms in total.